The summed E-state index contributed by atoms with van der Waals surface area (Å²) in [5.41, 5.74) is 6.77. The summed E-state index contributed by atoms with van der Waals surface area (Å²) in [6, 6.07) is 32.5. The first-order valence-corrected chi connectivity index (χ1v) is 13.0. The number of fused-ring (bicyclic) bond motifs is 3. The molecule has 5 heteroatoms. The van der Waals surface area contributed by atoms with E-state index in [9.17, 15) is 4.79 Å². The molecule has 0 saturated carbocycles. The maximum absolute atomic E-state index is 13.5. The Balaban J connectivity index is 1.25. The molecule has 178 valence electrons. The molecule has 1 aliphatic heterocycles. The molecule has 6 rings (SSSR count). The topological polar surface area (TPSA) is 53.2 Å². The Labute approximate surface area is 219 Å². The molecule has 3 atom stereocenters. The Morgan fingerprint density at radius 1 is 0.806 bits per heavy atom. The average molecular weight is 536 g/mol. The van der Waals surface area contributed by atoms with Crippen LogP contribution >= 0.6 is 15.9 Å². The van der Waals surface area contributed by atoms with Crippen molar-refractivity contribution in [3.05, 3.63) is 130 Å². The Hall–Kier alpha value is -3.83. The minimum Gasteiger partial charge on any atom is -0.377 e. The van der Waals surface area contributed by atoms with Gasteiger partial charge in [-0.3, -0.25) is 4.79 Å². The third-order valence-electron chi connectivity index (χ3n) is 7.08. The molecule has 1 amide bonds. The highest BCUT2D eigenvalue weighted by Crippen LogP contribution is 2.50. The maximum atomic E-state index is 13.5. The molecular formula is C31H26BrN3O. The molecule has 0 saturated heterocycles. The Morgan fingerprint density at radius 3 is 2.31 bits per heavy atom. The summed E-state index contributed by atoms with van der Waals surface area (Å²) in [6.07, 6.45) is 5.60. The molecule has 3 N–H and O–H groups in total. The fourth-order valence-electron chi connectivity index (χ4n) is 5.33. The molecule has 3 unspecified atom stereocenters. The number of allylic oxidation sites excluding steroid dienone is 2. The Bertz CT molecular complexity index is 1410. The van der Waals surface area contributed by atoms with Crippen LogP contribution < -0.4 is 16.0 Å². The molecule has 0 fully saturated rings. The van der Waals surface area contributed by atoms with Gasteiger partial charge in [0.05, 0.1) is 17.3 Å². The van der Waals surface area contributed by atoms with E-state index in [0.717, 1.165) is 33.6 Å². The van der Waals surface area contributed by atoms with Gasteiger partial charge in [0.15, 0.2) is 0 Å². The van der Waals surface area contributed by atoms with Crippen molar-refractivity contribution in [1.82, 2.24) is 0 Å². The highest BCUT2D eigenvalue weighted by Gasteiger charge is 2.39. The van der Waals surface area contributed by atoms with Crippen molar-refractivity contribution in [2.45, 2.75) is 18.4 Å². The van der Waals surface area contributed by atoms with E-state index < -0.39 is 0 Å². The Kier molecular flexibility index (Phi) is 6.08. The molecule has 1 heterocycles. The van der Waals surface area contributed by atoms with Crippen LogP contribution in [-0.4, -0.2) is 5.91 Å². The lowest BCUT2D eigenvalue weighted by molar-refractivity contribution is 0.102. The molecule has 0 aromatic heterocycles. The summed E-state index contributed by atoms with van der Waals surface area (Å²) in [5.74, 6) is 0.616. The molecule has 0 bridgehead atoms. The first-order valence-electron chi connectivity index (χ1n) is 12.2. The van der Waals surface area contributed by atoms with Gasteiger partial charge in [-0.25, -0.2) is 0 Å². The lowest BCUT2D eigenvalue weighted by Crippen LogP contribution is -2.30. The molecule has 2 aliphatic rings. The van der Waals surface area contributed by atoms with Crippen molar-refractivity contribution < 1.29 is 4.79 Å². The number of benzene rings is 4. The van der Waals surface area contributed by atoms with E-state index in [1.807, 2.05) is 66.7 Å². The number of amides is 1. The number of hydrogen-bond acceptors (Lipinski definition) is 3. The van der Waals surface area contributed by atoms with Crippen LogP contribution in [0.2, 0.25) is 0 Å². The molecule has 0 spiro atoms. The summed E-state index contributed by atoms with van der Waals surface area (Å²) in [5, 5.41) is 10.2. The van der Waals surface area contributed by atoms with Gasteiger partial charge in [-0.05, 0) is 78.1 Å². The number of hydrogen-bond donors (Lipinski definition) is 3. The maximum Gasteiger partial charge on any atom is 0.257 e. The fourth-order valence-corrected chi connectivity index (χ4v) is 5.60. The predicted molar refractivity (Wildman–Crippen MR) is 151 cm³/mol. The summed E-state index contributed by atoms with van der Waals surface area (Å²) in [4.78, 5) is 13.5. The van der Waals surface area contributed by atoms with E-state index in [1.54, 1.807) is 0 Å². The number of nitrogens with one attached hydrogen (secondary N) is 3. The largest absolute Gasteiger partial charge is 0.377 e. The predicted octanol–water partition coefficient (Wildman–Crippen LogP) is 8.27. The van der Waals surface area contributed by atoms with Crippen LogP contribution in [0.25, 0.3) is 0 Å². The van der Waals surface area contributed by atoms with Crippen molar-refractivity contribution >= 4 is 44.6 Å². The van der Waals surface area contributed by atoms with Crippen LogP contribution in [-0.2, 0) is 0 Å². The van der Waals surface area contributed by atoms with Crippen LogP contribution in [0.1, 0.15) is 39.9 Å². The van der Waals surface area contributed by atoms with Gasteiger partial charge >= 0.3 is 0 Å². The van der Waals surface area contributed by atoms with E-state index >= 15 is 0 Å². The normalized spacial score (nSPS) is 19.6. The van der Waals surface area contributed by atoms with Gasteiger partial charge in [-0.15, -0.1) is 0 Å². The highest BCUT2D eigenvalue weighted by atomic mass is 79.9. The van der Waals surface area contributed by atoms with Crippen LogP contribution in [0.3, 0.4) is 0 Å². The van der Waals surface area contributed by atoms with Crippen molar-refractivity contribution in [3.8, 4) is 0 Å². The van der Waals surface area contributed by atoms with Gasteiger partial charge < -0.3 is 16.0 Å². The lowest BCUT2D eigenvalue weighted by atomic mass is 9.76. The molecule has 1 aliphatic carbocycles. The number of para-hydroxylation sites is 2. The number of halogens is 1. The molecule has 4 aromatic carbocycles. The molecule has 4 nitrogen and oxygen atoms in total. The molecule has 36 heavy (non-hydrogen) atoms. The van der Waals surface area contributed by atoms with Crippen molar-refractivity contribution in [2.24, 2.45) is 5.92 Å². The number of carbonyl (C=O) groups is 1. The van der Waals surface area contributed by atoms with Crippen LogP contribution in [0.5, 0.6) is 0 Å². The first kappa shape index (κ1) is 22.6. The zero-order valence-corrected chi connectivity index (χ0v) is 21.2. The van der Waals surface area contributed by atoms with Crippen LogP contribution in [0, 0.1) is 5.92 Å². The molecular weight excluding hydrogens is 510 g/mol. The van der Waals surface area contributed by atoms with Gasteiger partial charge in [0.25, 0.3) is 5.91 Å². The van der Waals surface area contributed by atoms with Crippen LogP contribution in [0.15, 0.2) is 114 Å². The van der Waals surface area contributed by atoms with Gasteiger partial charge in [0, 0.05) is 27.5 Å². The van der Waals surface area contributed by atoms with E-state index in [1.165, 1.54) is 11.1 Å². The minimum absolute atomic E-state index is 0.113. The van der Waals surface area contributed by atoms with Crippen LogP contribution in [0.4, 0.5) is 22.7 Å². The summed E-state index contributed by atoms with van der Waals surface area (Å²) >= 11 is 3.55. The van der Waals surface area contributed by atoms with Gasteiger partial charge in [0.2, 0.25) is 0 Å². The quantitative estimate of drug-likeness (QED) is 0.225. The standard InChI is InChI=1S/C31H26BrN3O/c32-21-14-12-20(13-15-21)29-26-9-4-8-25(26)27-10-5-11-28(30(27)35-29)31(36)34-24-18-16-23(17-19-24)33-22-6-2-1-3-7-22/h1-8,10-19,25-26,29,33,35H,9H2,(H,34,36). The van der Waals surface area contributed by atoms with E-state index in [0.29, 0.717) is 17.4 Å². The van der Waals surface area contributed by atoms with Gasteiger partial charge in [-0.1, -0.05) is 70.5 Å². The van der Waals surface area contributed by atoms with Crippen molar-refractivity contribution in [3.63, 3.8) is 0 Å². The number of rotatable bonds is 5. The smallest absolute Gasteiger partial charge is 0.257 e. The third kappa shape index (κ3) is 4.42. The number of carbonyl (C=O) groups excluding carboxylic acids is 1. The second-order valence-electron chi connectivity index (χ2n) is 9.32. The monoisotopic (exact) mass is 535 g/mol. The summed E-state index contributed by atoms with van der Waals surface area (Å²) < 4.78 is 1.06. The van der Waals surface area contributed by atoms with E-state index in [4.69, 9.17) is 0 Å². The summed E-state index contributed by atoms with van der Waals surface area (Å²) in [7, 11) is 0. The average Bonchev–Trinajstić information content (AvgIpc) is 3.41. The SMILES string of the molecule is O=C(Nc1ccc(Nc2ccccc2)cc1)c1cccc2c1NC(c1ccc(Br)cc1)C1CC=CC21. The van der Waals surface area contributed by atoms with Gasteiger partial charge in [0.1, 0.15) is 0 Å². The lowest BCUT2D eigenvalue weighted by Gasteiger charge is -2.38. The second-order valence-corrected chi connectivity index (χ2v) is 10.2. The van der Waals surface area contributed by atoms with Gasteiger partial charge in [-0.2, -0.15) is 0 Å². The molecule has 4 aromatic rings. The Morgan fingerprint density at radius 2 is 1.53 bits per heavy atom. The van der Waals surface area contributed by atoms with E-state index in [-0.39, 0.29) is 11.9 Å². The second kappa shape index (κ2) is 9.67. The zero-order valence-electron chi connectivity index (χ0n) is 19.6. The van der Waals surface area contributed by atoms with Crippen molar-refractivity contribution in [2.75, 3.05) is 16.0 Å². The van der Waals surface area contributed by atoms with E-state index in [2.05, 4.69) is 74.4 Å². The highest BCUT2D eigenvalue weighted by molar-refractivity contribution is 9.10. The zero-order chi connectivity index (χ0) is 24.5. The summed E-state index contributed by atoms with van der Waals surface area (Å²) in [6.45, 7) is 0. The first-order chi connectivity index (χ1) is 17.7. The minimum atomic E-state index is -0.113. The molecule has 0 radical (unpaired) electrons. The van der Waals surface area contributed by atoms with Crippen molar-refractivity contribution in [1.29, 1.82) is 0 Å². The third-order valence-corrected chi connectivity index (χ3v) is 7.60. The number of anilines is 4. The fraction of sp³-hybridized carbons (Fsp3) is 0.129.